The summed E-state index contributed by atoms with van der Waals surface area (Å²) in [6, 6.07) is 10.1. The molecule has 0 spiro atoms. The lowest BCUT2D eigenvalue weighted by Gasteiger charge is -2.14. The molecule has 1 aromatic rings. The predicted molar refractivity (Wildman–Crippen MR) is 55.7 cm³/mol. The smallest absolute Gasteiger partial charge is 0.0995 e. The third kappa shape index (κ3) is 1.94. The van der Waals surface area contributed by atoms with Crippen LogP contribution in [0.3, 0.4) is 0 Å². The molecule has 1 aromatic carbocycles. The molecule has 0 saturated carbocycles. The van der Waals surface area contributed by atoms with Crippen molar-refractivity contribution in [3.05, 3.63) is 35.4 Å². The highest BCUT2D eigenvalue weighted by Gasteiger charge is 2.12. The summed E-state index contributed by atoms with van der Waals surface area (Å²) < 4.78 is 0. The number of rotatable bonds is 2. The van der Waals surface area contributed by atoms with Crippen LogP contribution in [0.4, 0.5) is 0 Å². The van der Waals surface area contributed by atoms with Crippen molar-refractivity contribution >= 4 is 0 Å². The zero-order chi connectivity index (χ0) is 9.80. The van der Waals surface area contributed by atoms with E-state index in [1.807, 2.05) is 18.2 Å². The number of hydrogen-bond donors (Lipinski definition) is 0. The molecule has 2 heteroatoms. The first-order valence-electron chi connectivity index (χ1n) is 5.10. The normalized spacial score (nSPS) is 16.8. The number of benzene rings is 1. The van der Waals surface area contributed by atoms with Gasteiger partial charge in [0.1, 0.15) is 0 Å². The van der Waals surface area contributed by atoms with E-state index in [9.17, 15) is 0 Å². The van der Waals surface area contributed by atoms with Gasteiger partial charge in [-0.05, 0) is 37.6 Å². The highest BCUT2D eigenvalue weighted by atomic mass is 15.1. The Morgan fingerprint density at radius 2 is 1.93 bits per heavy atom. The molecule has 0 bridgehead atoms. The molecule has 1 aliphatic rings. The molecule has 0 radical (unpaired) electrons. The van der Waals surface area contributed by atoms with Gasteiger partial charge < -0.3 is 0 Å². The largest absolute Gasteiger partial charge is 0.299 e. The van der Waals surface area contributed by atoms with E-state index in [2.05, 4.69) is 17.0 Å². The van der Waals surface area contributed by atoms with E-state index in [0.29, 0.717) is 0 Å². The van der Waals surface area contributed by atoms with Crippen LogP contribution in [-0.2, 0) is 6.54 Å². The van der Waals surface area contributed by atoms with Gasteiger partial charge in [0.2, 0.25) is 0 Å². The third-order valence-corrected chi connectivity index (χ3v) is 2.73. The lowest BCUT2D eigenvalue weighted by Crippen LogP contribution is -2.18. The van der Waals surface area contributed by atoms with Crippen LogP contribution in [0.1, 0.15) is 24.0 Å². The predicted octanol–water partition coefficient (Wildman–Crippen LogP) is 2.15. The van der Waals surface area contributed by atoms with Crippen molar-refractivity contribution in [2.45, 2.75) is 19.4 Å². The molecule has 2 rings (SSSR count). The molecule has 0 aliphatic carbocycles. The number of nitrogens with zero attached hydrogens (tertiary/aromatic N) is 2. The molecule has 1 aliphatic heterocycles. The fourth-order valence-electron chi connectivity index (χ4n) is 1.95. The van der Waals surface area contributed by atoms with Crippen LogP contribution in [0.2, 0.25) is 0 Å². The quantitative estimate of drug-likeness (QED) is 0.707. The molecule has 0 N–H and O–H groups in total. The second-order valence-electron chi connectivity index (χ2n) is 3.75. The van der Waals surface area contributed by atoms with Gasteiger partial charge in [-0.3, -0.25) is 4.90 Å². The Morgan fingerprint density at radius 1 is 1.21 bits per heavy atom. The Bertz CT molecular complexity index is 346. The first kappa shape index (κ1) is 9.23. The summed E-state index contributed by atoms with van der Waals surface area (Å²) in [6.45, 7) is 3.29. The maximum absolute atomic E-state index is 8.92. The molecule has 0 unspecified atom stereocenters. The van der Waals surface area contributed by atoms with Crippen LogP contribution < -0.4 is 0 Å². The second kappa shape index (κ2) is 4.26. The molecule has 14 heavy (non-hydrogen) atoms. The highest BCUT2D eigenvalue weighted by molar-refractivity contribution is 5.37. The van der Waals surface area contributed by atoms with Crippen LogP contribution in [0.15, 0.2) is 24.3 Å². The number of hydrogen-bond acceptors (Lipinski definition) is 2. The molecular formula is C12H14N2. The number of likely N-dealkylation sites (tertiary alicyclic amines) is 1. The van der Waals surface area contributed by atoms with Gasteiger partial charge >= 0.3 is 0 Å². The molecule has 2 nitrogen and oxygen atoms in total. The Morgan fingerprint density at radius 3 is 2.64 bits per heavy atom. The second-order valence-corrected chi connectivity index (χ2v) is 3.75. The minimum Gasteiger partial charge on any atom is -0.299 e. The van der Waals surface area contributed by atoms with Gasteiger partial charge in [0.25, 0.3) is 0 Å². The zero-order valence-corrected chi connectivity index (χ0v) is 8.24. The van der Waals surface area contributed by atoms with Gasteiger partial charge in [-0.25, -0.2) is 0 Å². The van der Waals surface area contributed by atoms with Crippen LogP contribution in [0.5, 0.6) is 0 Å². The summed E-state index contributed by atoms with van der Waals surface area (Å²) in [5, 5.41) is 8.92. The van der Waals surface area contributed by atoms with Crippen molar-refractivity contribution in [3.63, 3.8) is 0 Å². The standard InChI is InChI=1S/C12H14N2/c13-9-11-5-1-2-6-12(11)10-14-7-3-4-8-14/h1-2,5-6H,3-4,7-8,10H2. The molecule has 1 fully saturated rings. The summed E-state index contributed by atoms with van der Waals surface area (Å²) in [5.74, 6) is 0. The minimum absolute atomic E-state index is 0.819. The van der Waals surface area contributed by atoms with Crippen molar-refractivity contribution in [1.82, 2.24) is 4.90 Å². The summed E-state index contributed by atoms with van der Waals surface area (Å²) in [7, 11) is 0. The van der Waals surface area contributed by atoms with Gasteiger partial charge in [-0.1, -0.05) is 18.2 Å². The fourth-order valence-corrected chi connectivity index (χ4v) is 1.95. The molecule has 0 atom stereocenters. The molecule has 0 aromatic heterocycles. The van der Waals surface area contributed by atoms with E-state index in [1.54, 1.807) is 0 Å². The lowest BCUT2D eigenvalue weighted by atomic mass is 10.1. The summed E-state index contributed by atoms with van der Waals surface area (Å²) in [6.07, 6.45) is 2.60. The molecule has 1 saturated heterocycles. The van der Waals surface area contributed by atoms with E-state index in [-0.39, 0.29) is 0 Å². The summed E-state index contributed by atoms with van der Waals surface area (Å²) >= 11 is 0. The van der Waals surface area contributed by atoms with Gasteiger partial charge in [0, 0.05) is 6.54 Å². The van der Waals surface area contributed by atoms with E-state index in [1.165, 1.54) is 25.9 Å². The first-order valence-corrected chi connectivity index (χ1v) is 5.10. The minimum atomic E-state index is 0.819. The Kier molecular flexibility index (Phi) is 2.81. The van der Waals surface area contributed by atoms with Crippen LogP contribution in [0.25, 0.3) is 0 Å². The van der Waals surface area contributed by atoms with Crippen molar-refractivity contribution in [3.8, 4) is 6.07 Å². The third-order valence-electron chi connectivity index (χ3n) is 2.73. The van der Waals surface area contributed by atoms with Gasteiger partial charge in [0.05, 0.1) is 11.6 Å². The average molecular weight is 186 g/mol. The SMILES string of the molecule is N#Cc1ccccc1CN1CCCC1. The van der Waals surface area contributed by atoms with E-state index < -0.39 is 0 Å². The Labute approximate surface area is 84.8 Å². The monoisotopic (exact) mass is 186 g/mol. The molecular weight excluding hydrogens is 172 g/mol. The molecule has 1 heterocycles. The van der Waals surface area contributed by atoms with Crippen molar-refractivity contribution < 1.29 is 0 Å². The van der Waals surface area contributed by atoms with Crippen LogP contribution in [-0.4, -0.2) is 18.0 Å². The maximum Gasteiger partial charge on any atom is 0.0995 e. The summed E-state index contributed by atoms with van der Waals surface area (Å²) in [4.78, 5) is 2.41. The first-order chi connectivity index (χ1) is 6.90. The average Bonchev–Trinajstić information content (AvgIpc) is 2.71. The Hall–Kier alpha value is -1.33. The van der Waals surface area contributed by atoms with Crippen molar-refractivity contribution in [2.24, 2.45) is 0 Å². The van der Waals surface area contributed by atoms with Gasteiger partial charge in [-0.15, -0.1) is 0 Å². The zero-order valence-electron chi connectivity index (χ0n) is 8.24. The number of nitriles is 1. The van der Waals surface area contributed by atoms with Crippen molar-refractivity contribution in [1.29, 1.82) is 5.26 Å². The lowest BCUT2D eigenvalue weighted by molar-refractivity contribution is 0.331. The maximum atomic E-state index is 8.92. The van der Waals surface area contributed by atoms with E-state index in [0.717, 1.165) is 17.7 Å². The van der Waals surface area contributed by atoms with E-state index >= 15 is 0 Å². The van der Waals surface area contributed by atoms with Gasteiger partial charge in [0.15, 0.2) is 0 Å². The van der Waals surface area contributed by atoms with E-state index in [4.69, 9.17) is 5.26 Å². The van der Waals surface area contributed by atoms with Gasteiger partial charge in [-0.2, -0.15) is 5.26 Å². The molecule has 0 amide bonds. The highest BCUT2D eigenvalue weighted by Crippen LogP contribution is 2.15. The topological polar surface area (TPSA) is 27.0 Å². The molecule has 72 valence electrons. The van der Waals surface area contributed by atoms with Crippen LogP contribution >= 0.6 is 0 Å². The Balaban J connectivity index is 2.11. The van der Waals surface area contributed by atoms with Crippen molar-refractivity contribution in [2.75, 3.05) is 13.1 Å². The fraction of sp³-hybridized carbons (Fsp3) is 0.417. The van der Waals surface area contributed by atoms with Crippen LogP contribution in [0, 0.1) is 11.3 Å². The summed E-state index contributed by atoms with van der Waals surface area (Å²) in [5.41, 5.74) is 1.98.